The van der Waals surface area contributed by atoms with Crippen molar-refractivity contribution >= 4 is 35.1 Å². The minimum Gasteiger partial charge on any atom is -0.384 e. The molecule has 188 valence electrons. The first-order valence-corrected chi connectivity index (χ1v) is 11.8. The molecule has 0 saturated carbocycles. The molecule has 1 fully saturated rings. The van der Waals surface area contributed by atoms with Gasteiger partial charge in [0.1, 0.15) is 17.2 Å². The number of ether oxygens (including phenoxy) is 1. The summed E-state index contributed by atoms with van der Waals surface area (Å²) in [5.74, 6) is -0.387. The number of carbonyl (C=O) groups is 2. The van der Waals surface area contributed by atoms with Crippen LogP contribution >= 0.6 is 11.6 Å². The van der Waals surface area contributed by atoms with E-state index in [-0.39, 0.29) is 41.9 Å². The molecule has 4 aromatic rings. The first-order chi connectivity index (χ1) is 17.8. The highest BCUT2D eigenvalue weighted by molar-refractivity contribution is 6.34. The van der Waals surface area contributed by atoms with E-state index in [1.807, 2.05) is 18.2 Å². The van der Waals surface area contributed by atoms with E-state index in [0.29, 0.717) is 22.8 Å². The summed E-state index contributed by atoms with van der Waals surface area (Å²) >= 11 is 6.37. The lowest BCUT2D eigenvalue weighted by Crippen LogP contribution is -2.57. The van der Waals surface area contributed by atoms with Crippen molar-refractivity contribution in [1.82, 2.24) is 20.1 Å². The average molecular weight is 519 g/mol. The molecule has 3 heterocycles. The Kier molecular flexibility index (Phi) is 6.62. The van der Waals surface area contributed by atoms with Crippen molar-refractivity contribution in [2.45, 2.75) is 5.60 Å². The van der Waals surface area contributed by atoms with Crippen LogP contribution in [-0.2, 0) is 4.74 Å². The number of amides is 2. The Morgan fingerprint density at radius 2 is 1.84 bits per heavy atom. The highest BCUT2D eigenvalue weighted by Gasteiger charge is 2.36. The van der Waals surface area contributed by atoms with E-state index in [9.17, 15) is 14.7 Å². The number of para-hydroxylation sites is 1. The van der Waals surface area contributed by atoms with Crippen molar-refractivity contribution in [2.24, 2.45) is 0 Å². The first-order valence-electron chi connectivity index (χ1n) is 11.4. The summed E-state index contributed by atoms with van der Waals surface area (Å²) in [6.45, 7) is 0.322. The molecule has 0 radical (unpaired) electrons. The molecule has 2 aromatic heterocycles. The molecule has 2 amide bonds. The van der Waals surface area contributed by atoms with E-state index in [1.54, 1.807) is 48.5 Å². The molecule has 2 aromatic carbocycles. The summed E-state index contributed by atoms with van der Waals surface area (Å²) in [6.07, 6.45) is 0. The third-order valence-corrected chi connectivity index (χ3v) is 6.11. The molecular formula is C26H23ClN6O4. The third kappa shape index (κ3) is 5.31. The smallest absolute Gasteiger partial charge is 0.271 e. The molecular weight excluding hydrogens is 496 g/mol. The molecule has 0 spiro atoms. The van der Waals surface area contributed by atoms with Gasteiger partial charge in [-0.15, -0.1) is 0 Å². The largest absolute Gasteiger partial charge is 0.384 e. The lowest BCUT2D eigenvalue weighted by molar-refractivity contribution is -0.173. The van der Waals surface area contributed by atoms with E-state index < -0.39 is 17.4 Å². The van der Waals surface area contributed by atoms with Crippen LogP contribution in [0.15, 0.2) is 72.8 Å². The molecule has 0 unspecified atom stereocenters. The second kappa shape index (κ2) is 10.0. The number of benzene rings is 2. The molecule has 1 saturated heterocycles. The zero-order valence-corrected chi connectivity index (χ0v) is 20.3. The summed E-state index contributed by atoms with van der Waals surface area (Å²) in [4.78, 5) is 30.4. The van der Waals surface area contributed by atoms with E-state index in [4.69, 9.17) is 22.1 Å². The molecule has 10 nitrogen and oxygen atoms in total. The van der Waals surface area contributed by atoms with Crippen molar-refractivity contribution in [3.8, 4) is 16.9 Å². The molecule has 1 aliphatic heterocycles. The van der Waals surface area contributed by atoms with Gasteiger partial charge < -0.3 is 26.2 Å². The summed E-state index contributed by atoms with van der Waals surface area (Å²) in [6, 6.07) is 20.7. The van der Waals surface area contributed by atoms with E-state index in [1.165, 1.54) is 10.7 Å². The number of aliphatic hydroxyl groups is 1. The number of aromatic nitrogens is 3. The van der Waals surface area contributed by atoms with Gasteiger partial charge in [0.15, 0.2) is 5.69 Å². The van der Waals surface area contributed by atoms with Gasteiger partial charge in [-0.1, -0.05) is 41.9 Å². The van der Waals surface area contributed by atoms with Crippen molar-refractivity contribution in [3.63, 3.8) is 0 Å². The Labute approximate surface area is 217 Å². The zero-order valence-electron chi connectivity index (χ0n) is 19.5. The monoisotopic (exact) mass is 518 g/mol. The van der Waals surface area contributed by atoms with Gasteiger partial charge in [-0.05, 0) is 36.4 Å². The van der Waals surface area contributed by atoms with Gasteiger partial charge in [-0.2, -0.15) is 5.10 Å². The van der Waals surface area contributed by atoms with Gasteiger partial charge in [0.25, 0.3) is 11.8 Å². The number of anilines is 2. The topological polar surface area (TPSA) is 144 Å². The fourth-order valence-corrected chi connectivity index (χ4v) is 3.98. The normalized spacial score (nSPS) is 14.0. The second-order valence-electron chi connectivity index (χ2n) is 8.66. The number of pyridine rings is 1. The Balaban J connectivity index is 1.43. The molecule has 37 heavy (non-hydrogen) atoms. The maximum atomic E-state index is 13.3. The summed E-state index contributed by atoms with van der Waals surface area (Å²) in [5, 5.41) is 20.3. The van der Waals surface area contributed by atoms with Crippen molar-refractivity contribution in [1.29, 1.82) is 0 Å². The van der Waals surface area contributed by atoms with Crippen molar-refractivity contribution in [3.05, 3.63) is 89.1 Å². The fourth-order valence-electron chi connectivity index (χ4n) is 3.78. The maximum Gasteiger partial charge on any atom is 0.271 e. The highest BCUT2D eigenvalue weighted by atomic mass is 35.5. The lowest BCUT2D eigenvalue weighted by atomic mass is 10.0. The molecule has 0 aliphatic carbocycles. The molecule has 0 atom stereocenters. The molecule has 1 aliphatic rings. The van der Waals surface area contributed by atoms with Crippen LogP contribution < -0.4 is 16.4 Å². The number of rotatable bonds is 7. The van der Waals surface area contributed by atoms with Crippen LogP contribution in [0.5, 0.6) is 0 Å². The average Bonchev–Trinajstić information content (AvgIpc) is 3.30. The highest BCUT2D eigenvalue weighted by Crippen LogP contribution is 2.26. The van der Waals surface area contributed by atoms with Crippen LogP contribution in [0.25, 0.3) is 16.9 Å². The quantitative estimate of drug-likeness (QED) is 0.294. The van der Waals surface area contributed by atoms with Crippen LogP contribution in [-0.4, -0.2) is 57.0 Å². The van der Waals surface area contributed by atoms with Gasteiger partial charge in [-0.3, -0.25) is 9.59 Å². The summed E-state index contributed by atoms with van der Waals surface area (Å²) in [5.41, 5.74) is 6.88. The number of nitrogens with zero attached hydrogens (tertiary/aromatic N) is 3. The number of nitrogens with one attached hydrogen (secondary N) is 2. The number of nitrogen functional groups attached to an aromatic ring is 1. The molecule has 5 N–H and O–H groups in total. The number of nitrogens with two attached hydrogens (primary N) is 1. The van der Waals surface area contributed by atoms with Crippen LogP contribution in [0, 0.1) is 0 Å². The Morgan fingerprint density at radius 3 is 2.54 bits per heavy atom. The maximum absolute atomic E-state index is 13.3. The first kappa shape index (κ1) is 24.4. The number of carbonyl (C=O) groups excluding carboxylic acids is 2. The standard InChI is InChI=1S/C26H23ClN6O4/c27-19-10-9-16(20-7-4-8-22(28)30-20)11-18(19)24(34)31-23-12-21(25(35)29-13-26(36)14-37-15-26)32-33(23)17-5-2-1-3-6-17/h1-12,36H,13-15H2,(H2,28,30)(H,29,35)(H,31,34). The van der Waals surface area contributed by atoms with E-state index >= 15 is 0 Å². The Bertz CT molecular complexity index is 1470. The predicted octanol–water partition coefficient (Wildman–Crippen LogP) is 2.91. The number of hydrogen-bond donors (Lipinski definition) is 4. The molecule has 5 rings (SSSR count). The van der Waals surface area contributed by atoms with Crippen LogP contribution in [0.4, 0.5) is 11.6 Å². The van der Waals surface area contributed by atoms with E-state index in [0.717, 1.165) is 0 Å². The van der Waals surface area contributed by atoms with Gasteiger partial charge in [0.2, 0.25) is 0 Å². The van der Waals surface area contributed by atoms with Crippen molar-refractivity contribution < 1.29 is 19.4 Å². The minimum atomic E-state index is -1.09. The number of halogens is 1. The van der Waals surface area contributed by atoms with Gasteiger partial charge in [0, 0.05) is 11.6 Å². The summed E-state index contributed by atoms with van der Waals surface area (Å²) in [7, 11) is 0. The minimum absolute atomic E-state index is 0.0200. The van der Waals surface area contributed by atoms with Crippen LogP contribution in [0.2, 0.25) is 5.02 Å². The van der Waals surface area contributed by atoms with Gasteiger partial charge >= 0.3 is 0 Å². The SMILES string of the molecule is Nc1cccc(-c2ccc(Cl)c(C(=O)Nc3cc(C(=O)NCC4(O)COC4)nn3-c3ccccc3)c2)n1. The van der Waals surface area contributed by atoms with Crippen molar-refractivity contribution in [2.75, 3.05) is 30.8 Å². The number of hydrogen-bond acceptors (Lipinski definition) is 7. The van der Waals surface area contributed by atoms with Crippen LogP contribution in [0.3, 0.4) is 0 Å². The third-order valence-electron chi connectivity index (χ3n) is 5.78. The zero-order chi connectivity index (χ0) is 26.0. The Hall–Kier alpha value is -4.25. The van der Waals surface area contributed by atoms with Gasteiger partial charge in [-0.25, -0.2) is 9.67 Å². The summed E-state index contributed by atoms with van der Waals surface area (Å²) < 4.78 is 6.45. The molecule has 0 bridgehead atoms. The fraction of sp³-hybridized carbons (Fsp3) is 0.154. The molecule has 11 heteroatoms. The second-order valence-corrected chi connectivity index (χ2v) is 9.07. The van der Waals surface area contributed by atoms with Crippen LogP contribution in [0.1, 0.15) is 20.8 Å². The Morgan fingerprint density at radius 1 is 1.05 bits per heavy atom. The predicted molar refractivity (Wildman–Crippen MR) is 139 cm³/mol. The van der Waals surface area contributed by atoms with E-state index in [2.05, 4.69) is 20.7 Å². The lowest BCUT2D eigenvalue weighted by Gasteiger charge is -2.36. The van der Waals surface area contributed by atoms with Gasteiger partial charge in [0.05, 0.1) is 41.7 Å².